The molecule has 1 N–H and O–H groups in total. The summed E-state index contributed by atoms with van der Waals surface area (Å²) in [6.45, 7) is 0.849. The predicted octanol–water partition coefficient (Wildman–Crippen LogP) is 1.53. The Morgan fingerprint density at radius 2 is 2.18 bits per heavy atom. The average molecular weight is 231 g/mol. The molecule has 4 heteroatoms. The van der Waals surface area contributed by atoms with E-state index in [1.54, 1.807) is 0 Å². The molecule has 0 bridgehead atoms. The lowest BCUT2D eigenvalue weighted by Gasteiger charge is -2.22. The molecule has 1 aromatic carbocycles. The van der Waals surface area contributed by atoms with E-state index in [-0.39, 0.29) is 6.61 Å². The van der Waals surface area contributed by atoms with Gasteiger partial charge in [-0.3, -0.25) is 0 Å². The van der Waals surface area contributed by atoms with Crippen molar-refractivity contribution < 1.29 is 5.11 Å². The minimum absolute atomic E-state index is 0.180. The number of para-hydroxylation sites is 2. The van der Waals surface area contributed by atoms with Gasteiger partial charge >= 0.3 is 0 Å². The van der Waals surface area contributed by atoms with Gasteiger partial charge in [0.05, 0.1) is 17.6 Å². The van der Waals surface area contributed by atoms with Crippen LogP contribution in [0.15, 0.2) is 24.3 Å². The third kappa shape index (κ3) is 1.78. The van der Waals surface area contributed by atoms with E-state index in [2.05, 4.69) is 20.5 Å². The molecule has 0 radical (unpaired) electrons. The van der Waals surface area contributed by atoms with Crippen LogP contribution in [0.25, 0.3) is 11.0 Å². The molecule has 0 unspecified atom stereocenters. The molecule has 1 aromatic heterocycles. The molecule has 0 atom stereocenters. The number of benzene rings is 1. The lowest BCUT2D eigenvalue weighted by Crippen LogP contribution is -2.31. The molecule has 0 amide bonds. The van der Waals surface area contributed by atoms with Crippen molar-refractivity contribution in [2.45, 2.75) is 18.9 Å². The highest BCUT2D eigenvalue weighted by Crippen LogP contribution is 2.32. The molecule has 4 nitrogen and oxygen atoms in total. The summed E-state index contributed by atoms with van der Waals surface area (Å²) < 4.78 is 2.11. The first-order valence-electron chi connectivity index (χ1n) is 6.10. The smallest absolute Gasteiger partial charge is 0.206 e. The third-order valence-corrected chi connectivity index (χ3v) is 3.35. The average Bonchev–Trinajstić information content (AvgIpc) is 3.13. The Bertz CT molecular complexity index is 530. The van der Waals surface area contributed by atoms with Gasteiger partial charge in [0.1, 0.15) is 0 Å². The second-order valence-electron chi connectivity index (χ2n) is 4.61. The van der Waals surface area contributed by atoms with Gasteiger partial charge in [-0.05, 0) is 25.0 Å². The van der Waals surface area contributed by atoms with Crippen molar-refractivity contribution in [3.8, 4) is 0 Å². The number of aliphatic hydroxyl groups excluding tert-OH is 1. The van der Waals surface area contributed by atoms with Gasteiger partial charge in [-0.25, -0.2) is 4.98 Å². The van der Waals surface area contributed by atoms with Crippen molar-refractivity contribution >= 4 is 17.0 Å². The van der Waals surface area contributed by atoms with Crippen LogP contribution in [-0.2, 0) is 7.05 Å². The number of fused-ring (bicyclic) bond motifs is 1. The number of hydrogen-bond acceptors (Lipinski definition) is 3. The van der Waals surface area contributed by atoms with Crippen LogP contribution in [0, 0.1) is 0 Å². The zero-order valence-electron chi connectivity index (χ0n) is 10.0. The van der Waals surface area contributed by atoms with Crippen LogP contribution in [0.3, 0.4) is 0 Å². The number of aliphatic hydroxyl groups is 1. The number of aryl methyl sites for hydroxylation is 1. The molecule has 0 spiro atoms. The first kappa shape index (κ1) is 10.6. The zero-order valence-corrected chi connectivity index (χ0v) is 10.0. The van der Waals surface area contributed by atoms with Gasteiger partial charge in [-0.1, -0.05) is 12.1 Å². The number of anilines is 1. The van der Waals surface area contributed by atoms with E-state index in [4.69, 9.17) is 5.11 Å². The maximum absolute atomic E-state index is 9.16. The van der Waals surface area contributed by atoms with Gasteiger partial charge in [0.15, 0.2) is 0 Å². The fourth-order valence-electron chi connectivity index (χ4n) is 2.33. The molecule has 1 heterocycles. The molecule has 17 heavy (non-hydrogen) atoms. The van der Waals surface area contributed by atoms with E-state index in [0.717, 1.165) is 17.0 Å². The first-order chi connectivity index (χ1) is 8.31. The number of imidazole rings is 1. The molecule has 1 aliphatic rings. The molecular weight excluding hydrogens is 214 g/mol. The van der Waals surface area contributed by atoms with E-state index < -0.39 is 0 Å². The summed E-state index contributed by atoms with van der Waals surface area (Å²) >= 11 is 0. The normalized spacial score (nSPS) is 15.4. The van der Waals surface area contributed by atoms with Crippen molar-refractivity contribution in [1.29, 1.82) is 0 Å². The Labute approximate surface area is 100 Å². The summed E-state index contributed by atoms with van der Waals surface area (Å²) in [7, 11) is 2.04. The Morgan fingerprint density at radius 1 is 1.41 bits per heavy atom. The van der Waals surface area contributed by atoms with Gasteiger partial charge in [0.25, 0.3) is 0 Å². The number of hydrogen-bond donors (Lipinski definition) is 1. The maximum atomic E-state index is 9.16. The molecule has 3 rings (SSSR count). The molecular formula is C13H17N3O. The lowest BCUT2D eigenvalue weighted by molar-refractivity contribution is 0.300. The zero-order chi connectivity index (χ0) is 11.8. The van der Waals surface area contributed by atoms with Crippen LogP contribution < -0.4 is 4.90 Å². The predicted molar refractivity (Wildman–Crippen MR) is 68.2 cm³/mol. The van der Waals surface area contributed by atoms with Crippen LogP contribution in [0.5, 0.6) is 0 Å². The van der Waals surface area contributed by atoms with Gasteiger partial charge in [0.2, 0.25) is 5.95 Å². The maximum Gasteiger partial charge on any atom is 0.206 e. The van der Waals surface area contributed by atoms with Crippen LogP contribution in [0.2, 0.25) is 0 Å². The number of nitrogens with zero attached hydrogens (tertiary/aromatic N) is 3. The molecule has 0 saturated heterocycles. The van der Waals surface area contributed by atoms with Gasteiger partial charge in [-0.2, -0.15) is 0 Å². The topological polar surface area (TPSA) is 41.3 Å². The summed E-state index contributed by atoms with van der Waals surface area (Å²) in [4.78, 5) is 6.89. The van der Waals surface area contributed by atoms with E-state index in [1.807, 2.05) is 25.2 Å². The standard InChI is InChI=1S/C13H17N3O/c1-15-12-5-3-2-4-11(12)14-13(15)16(8-9-17)10-6-7-10/h2-5,10,17H,6-9H2,1H3. The highest BCUT2D eigenvalue weighted by atomic mass is 16.3. The van der Waals surface area contributed by atoms with Gasteiger partial charge < -0.3 is 14.6 Å². The number of rotatable bonds is 4. The van der Waals surface area contributed by atoms with Crippen molar-refractivity contribution in [2.24, 2.45) is 7.05 Å². The van der Waals surface area contributed by atoms with E-state index in [1.165, 1.54) is 12.8 Å². The quantitative estimate of drug-likeness (QED) is 0.867. The second kappa shape index (κ2) is 4.04. The van der Waals surface area contributed by atoms with E-state index in [0.29, 0.717) is 12.6 Å². The molecule has 1 saturated carbocycles. The van der Waals surface area contributed by atoms with Crippen LogP contribution in [0.1, 0.15) is 12.8 Å². The fourth-order valence-corrected chi connectivity index (χ4v) is 2.33. The lowest BCUT2D eigenvalue weighted by atomic mass is 10.3. The van der Waals surface area contributed by atoms with Crippen LogP contribution >= 0.6 is 0 Å². The summed E-state index contributed by atoms with van der Waals surface area (Å²) in [6, 6.07) is 8.71. The van der Waals surface area contributed by atoms with E-state index in [9.17, 15) is 0 Å². The largest absolute Gasteiger partial charge is 0.395 e. The summed E-state index contributed by atoms with van der Waals surface area (Å²) in [5, 5.41) is 9.16. The fraction of sp³-hybridized carbons (Fsp3) is 0.462. The highest BCUT2D eigenvalue weighted by Gasteiger charge is 2.31. The third-order valence-electron chi connectivity index (χ3n) is 3.35. The van der Waals surface area contributed by atoms with Crippen molar-refractivity contribution in [3.05, 3.63) is 24.3 Å². The van der Waals surface area contributed by atoms with Crippen LogP contribution in [-0.4, -0.2) is 33.9 Å². The summed E-state index contributed by atoms with van der Waals surface area (Å²) in [6.07, 6.45) is 2.42. The van der Waals surface area contributed by atoms with Crippen molar-refractivity contribution in [3.63, 3.8) is 0 Å². The van der Waals surface area contributed by atoms with Gasteiger partial charge in [-0.15, -0.1) is 0 Å². The van der Waals surface area contributed by atoms with E-state index >= 15 is 0 Å². The minimum Gasteiger partial charge on any atom is -0.395 e. The second-order valence-corrected chi connectivity index (χ2v) is 4.61. The Balaban J connectivity index is 2.05. The molecule has 1 fully saturated rings. The van der Waals surface area contributed by atoms with Crippen molar-refractivity contribution in [2.75, 3.05) is 18.1 Å². The molecule has 1 aliphatic carbocycles. The summed E-state index contributed by atoms with van der Waals surface area (Å²) in [5.41, 5.74) is 2.17. The first-order valence-corrected chi connectivity index (χ1v) is 6.10. The minimum atomic E-state index is 0.180. The molecule has 0 aliphatic heterocycles. The van der Waals surface area contributed by atoms with Crippen molar-refractivity contribution in [1.82, 2.24) is 9.55 Å². The number of aromatic nitrogens is 2. The van der Waals surface area contributed by atoms with Crippen LogP contribution in [0.4, 0.5) is 5.95 Å². The molecule has 90 valence electrons. The summed E-state index contributed by atoms with van der Waals surface area (Å²) in [5.74, 6) is 0.975. The monoisotopic (exact) mass is 231 g/mol. The Morgan fingerprint density at radius 3 is 2.82 bits per heavy atom. The SMILES string of the molecule is Cn1c(N(CCO)C2CC2)nc2ccccc21. The molecule has 2 aromatic rings. The Hall–Kier alpha value is -1.55. The Kier molecular flexibility index (Phi) is 2.52. The van der Waals surface area contributed by atoms with Gasteiger partial charge in [0, 0.05) is 19.6 Å². The highest BCUT2D eigenvalue weighted by molar-refractivity contribution is 5.78.